The normalized spacial score (nSPS) is 34.5. The van der Waals surface area contributed by atoms with Crippen molar-refractivity contribution in [3.63, 3.8) is 0 Å². The molecule has 0 spiro atoms. The summed E-state index contributed by atoms with van der Waals surface area (Å²) >= 11 is 2.04. The molecule has 1 saturated heterocycles. The van der Waals surface area contributed by atoms with Crippen molar-refractivity contribution >= 4 is 11.8 Å². The highest BCUT2D eigenvalue weighted by molar-refractivity contribution is 7.99. The molecule has 0 aromatic carbocycles. The summed E-state index contributed by atoms with van der Waals surface area (Å²) in [6.07, 6.45) is 7.01. The molecule has 1 aliphatic heterocycles. The van der Waals surface area contributed by atoms with Gasteiger partial charge < -0.3 is 10.5 Å². The van der Waals surface area contributed by atoms with Gasteiger partial charge in [-0.1, -0.05) is 6.92 Å². The molecule has 0 aromatic rings. The third kappa shape index (κ3) is 2.74. The highest BCUT2D eigenvalue weighted by atomic mass is 32.2. The lowest BCUT2D eigenvalue weighted by Gasteiger charge is -2.33. The van der Waals surface area contributed by atoms with Gasteiger partial charge in [-0.25, -0.2) is 0 Å². The Morgan fingerprint density at radius 2 is 2.25 bits per heavy atom. The number of hydrogen-bond acceptors (Lipinski definition) is 3. The van der Waals surface area contributed by atoms with Gasteiger partial charge in [-0.3, -0.25) is 0 Å². The molecule has 0 bridgehead atoms. The smallest absolute Gasteiger partial charge is 0.0672 e. The highest BCUT2D eigenvalue weighted by Gasteiger charge is 2.49. The van der Waals surface area contributed by atoms with E-state index in [1.54, 1.807) is 0 Å². The molecule has 0 aromatic heterocycles. The minimum atomic E-state index is 0.329. The van der Waals surface area contributed by atoms with Gasteiger partial charge in [0.15, 0.2) is 0 Å². The summed E-state index contributed by atoms with van der Waals surface area (Å²) in [6, 6.07) is 0. The average molecular weight is 243 g/mol. The van der Waals surface area contributed by atoms with Gasteiger partial charge in [-0.2, -0.15) is 11.8 Å². The van der Waals surface area contributed by atoms with Gasteiger partial charge in [0, 0.05) is 18.6 Å². The van der Waals surface area contributed by atoms with Gasteiger partial charge in [0.1, 0.15) is 0 Å². The number of hydrogen-bond donors (Lipinski definition) is 1. The second-order valence-corrected chi connectivity index (χ2v) is 6.64. The quantitative estimate of drug-likeness (QED) is 0.698. The standard InChI is InChI=1S/C13H25NOS/c1-2-16-9-3-6-13(10-14)7-8-15-12(13)11-4-5-11/h11-12H,2-10,14H2,1H3. The van der Waals surface area contributed by atoms with Crippen LogP contribution in [-0.2, 0) is 4.74 Å². The maximum absolute atomic E-state index is 6.05. The van der Waals surface area contributed by atoms with Gasteiger partial charge >= 0.3 is 0 Å². The van der Waals surface area contributed by atoms with E-state index in [0.717, 1.165) is 19.1 Å². The summed E-state index contributed by atoms with van der Waals surface area (Å²) in [6.45, 7) is 4.00. The molecule has 0 amide bonds. The molecule has 2 nitrogen and oxygen atoms in total. The third-order valence-electron chi connectivity index (χ3n) is 4.13. The number of rotatable bonds is 7. The first kappa shape index (κ1) is 12.7. The van der Waals surface area contributed by atoms with Crippen LogP contribution in [0.2, 0.25) is 0 Å². The van der Waals surface area contributed by atoms with E-state index in [2.05, 4.69) is 6.92 Å². The van der Waals surface area contributed by atoms with Crippen molar-refractivity contribution in [2.45, 2.75) is 45.1 Å². The Labute approximate surface area is 104 Å². The molecule has 2 fully saturated rings. The zero-order valence-electron chi connectivity index (χ0n) is 10.4. The Hall–Kier alpha value is 0.270. The van der Waals surface area contributed by atoms with Crippen LogP contribution in [0.5, 0.6) is 0 Å². The maximum atomic E-state index is 6.05. The van der Waals surface area contributed by atoms with Crippen LogP contribution in [-0.4, -0.2) is 30.8 Å². The van der Waals surface area contributed by atoms with Crippen LogP contribution in [0.15, 0.2) is 0 Å². The SMILES string of the molecule is CCSCCCC1(CN)CCOC1C1CC1. The predicted octanol–water partition coefficient (Wildman–Crippen LogP) is 2.66. The molecule has 1 saturated carbocycles. The van der Waals surface area contributed by atoms with Crippen molar-refractivity contribution in [2.75, 3.05) is 24.7 Å². The van der Waals surface area contributed by atoms with E-state index < -0.39 is 0 Å². The summed E-state index contributed by atoms with van der Waals surface area (Å²) in [5, 5.41) is 0. The molecular weight excluding hydrogens is 218 g/mol. The van der Waals surface area contributed by atoms with Gasteiger partial charge in [-0.05, 0) is 49.5 Å². The van der Waals surface area contributed by atoms with Crippen molar-refractivity contribution in [2.24, 2.45) is 17.1 Å². The molecule has 94 valence electrons. The van der Waals surface area contributed by atoms with Crippen molar-refractivity contribution in [3.05, 3.63) is 0 Å². The monoisotopic (exact) mass is 243 g/mol. The van der Waals surface area contributed by atoms with Crippen molar-refractivity contribution in [1.29, 1.82) is 0 Å². The van der Waals surface area contributed by atoms with E-state index in [1.807, 2.05) is 11.8 Å². The summed E-state index contributed by atoms with van der Waals surface area (Å²) in [5.41, 5.74) is 6.38. The molecule has 1 aliphatic carbocycles. The molecule has 2 atom stereocenters. The maximum Gasteiger partial charge on any atom is 0.0672 e. The Kier molecular flexibility index (Phi) is 4.57. The average Bonchev–Trinajstić information content (AvgIpc) is 3.06. The van der Waals surface area contributed by atoms with Crippen LogP contribution < -0.4 is 5.73 Å². The topological polar surface area (TPSA) is 35.2 Å². The summed E-state index contributed by atoms with van der Waals surface area (Å²) in [7, 11) is 0. The number of thioether (sulfide) groups is 1. The molecule has 3 heteroatoms. The largest absolute Gasteiger partial charge is 0.377 e. The van der Waals surface area contributed by atoms with Crippen molar-refractivity contribution in [3.8, 4) is 0 Å². The molecule has 16 heavy (non-hydrogen) atoms. The second kappa shape index (κ2) is 5.74. The van der Waals surface area contributed by atoms with Crippen LogP contribution in [0.4, 0.5) is 0 Å². The molecule has 2 N–H and O–H groups in total. The van der Waals surface area contributed by atoms with E-state index >= 15 is 0 Å². The Morgan fingerprint density at radius 3 is 2.88 bits per heavy atom. The van der Waals surface area contributed by atoms with Crippen LogP contribution in [0, 0.1) is 11.3 Å². The van der Waals surface area contributed by atoms with E-state index in [1.165, 1.54) is 43.6 Å². The lowest BCUT2D eigenvalue weighted by molar-refractivity contribution is 0.0303. The number of ether oxygens (including phenoxy) is 1. The first-order chi connectivity index (χ1) is 7.82. The second-order valence-electron chi connectivity index (χ2n) is 5.25. The van der Waals surface area contributed by atoms with E-state index in [9.17, 15) is 0 Å². The fourth-order valence-electron chi connectivity index (χ4n) is 3.00. The Morgan fingerprint density at radius 1 is 1.44 bits per heavy atom. The molecule has 2 rings (SSSR count). The lowest BCUT2D eigenvalue weighted by Crippen LogP contribution is -2.39. The molecule has 1 heterocycles. The highest BCUT2D eigenvalue weighted by Crippen LogP contribution is 2.49. The number of nitrogens with two attached hydrogens (primary N) is 1. The van der Waals surface area contributed by atoms with Gasteiger partial charge in [-0.15, -0.1) is 0 Å². The lowest BCUT2D eigenvalue weighted by atomic mass is 9.75. The van der Waals surface area contributed by atoms with E-state index in [0.29, 0.717) is 11.5 Å². The zero-order chi connectivity index (χ0) is 11.4. The van der Waals surface area contributed by atoms with Crippen LogP contribution >= 0.6 is 11.8 Å². The van der Waals surface area contributed by atoms with Crippen LogP contribution in [0.1, 0.15) is 39.0 Å². The molecule has 2 aliphatic rings. The van der Waals surface area contributed by atoms with Gasteiger partial charge in [0.2, 0.25) is 0 Å². The summed E-state index contributed by atoms with van der Waals surface area (Å²) < 4.78 is 5.95. The minimum absolute atomic E-state index is 0.329. The molecule has 0 radical (unpaired) electrons. The fourth-order valence-corrected chi connectivity index (χ4v) is 3.64. The first-order valence-electron chi connectivity index (χ1n) is 6.72. The first-order valence-corrected chi connectivity index (χ1v) is 7.87. The molecule has 2 unspecified atom stereocenters. The fraction of sp³-hybridized carbons (Fsp3) is 1.00. The third-order valence-corrected chi connectivity index (χ3v) is 5.11. The summed E-state index contributed by atoms with van der Waals surface area (Å²) in [4.78, 5) is 0. The van der Waals surface area contributed by atoms with E-state index in [-0.39, 0.29) is 0 Å². The van der Waals surface area contributed by atoms with E-state index in [4.69, 9.17) is 10.5 Å². The molecular formula is C13H25NOS. The van der Waals surface area contributed by atoms with Crippen LogP contribution in [0.25, 0.3) is 0 Å². The van der Waals surface area contributed by atoms with Crippen LogP contribution in [0.3, 0.4) is 0 Å². The minimum Gasteiger partial charge on any atom is -0.377 e. The predicted molar refractivity (Wildman–Crippen MR) is 70.8 cm³/mol. The van der Waals surface area contributed by atoms with Gasteiger partial charge in [0.25, 0.3) is 0 Å². The Bertz CT molecular complexity index is 220. The van der Waals surface area contributed by atoms with Crippen molar-refractivity contribution in [1.82, 2.24) is 0 Å². The summed E-state index contributed by atoms with van der Waals surface area (Å²) in [5.74, 6) is 3.36. The zero-order valence-corrected chi connectivity index (χ0v) is 11.2. The van der Waals surface area contributed by atoms with Gasteiger partial charge in [0.05, 0.1) is 6.10 Å². The Balaban J connectivity index is 1.84. The van der Waals surface area contributed by atoms with Crippen molar-refractivity contribution < 1.29 is 4.74 Å².